The predicted octanol–water partition coefficient (Wildman–Crippen LogP) is 2.62. The smallest absolute Gasteiger partial charge is 0.236 e. The van der Waals surface area contributed by atoms with Crippen molar-refractivity contribution >= 4 is 56.5 Å². The van der Waals surface area contributed by atoms with E-state index in [9.17, 15) is 9.59 Å². The van der Waals surface area contributed by atoms with Crippen molar-refractivity contribution in [2.24, 2.45) is 0 Å². The van der Waals surface area contributed by atoms with Gasteiger partial charge in [0.1, 0.15) is 10.8 Å². The molecule has 0 aliphatic heterocycles. The maximum atomic E-state index is 12.1. The molecule has 2 heterocycles. The summed E-state index contributed by atoms with van der Waals surface area (Å²) in [5.74, 6) is 0.497. The van der Waals surface area contributed by atoms with Crippen LogP contribution in [0.5, 0.6) is 5.75 Å². The van der Waals surface area contributed by atoms with Gasteiger partial charge in [0, 0.05) is 0 Å². The number of carbonyl (C=O) groups excluding carboxylic acids is 2. The van der Waals surface area contributed by atoms with Crippen LogP contribution in [0.4, 0.5) is 10.3 Å². The largest absolute Gasteiger partial charge is 0.497 e. The number of hydrogen-bond donors (Lipinski definition) is 2. The van der Waals surface area contributed by atoms with Crippen molar-refractivity contribution in [1.29, 1.82) is 0 Å². The minimum absolute atomic E-state index is 0.160. The maximum Gasteiger partial charge on any atom is 0.236 e. The number of nitrogens with zero attached hydrogens (tertiary/aromatic N) is 4. The van der Waals surface area contributed by atoms with Gasteiger partial charge in [-0.15, -0.1) is 20.4 Å². The van der Waals surface area contributed by atoms with Crippen molar-refractivity contribution in [3.05, 3.63) is 34.8 Å². The number of hydrogen-bond acceptors (Lipinski definition) is 10. The maximum absolute atomic E-state index is 12.1. The van der Waals surface area contributed by atoms with Crippen molar-refractivity contribution in [3.63, 3.8) is 0 Å². The minimum atomic E-state index is -0.207. The molecule has 9 nitrogen and oxygen atoms in total. The molecule has 28 heavy (non-hydrogen) atoms. The highest BCUT2D eigenvalue weighted by Gasteiger charge is 2.12. The number of rotatable bonds is 8. The van der Waals surface area contributed by atoms with Gasteiger partial charge in [-0.05, 0) is 24.6 Å². The third-order valence-electron chi connectivity index (χ3n) is 3.28. The zero-order chi connectivity index (χ0) is 19.9. The normalized spacial score (nSPS) is 10.5. The Kier molecular flexibility index (Phi) is 6.90. The number of thioether (sulfide) groups is 1. The van der Waals surface area contributed by atoms with E-state index in [0.29, 0.717) is 14.6 Å². The van der Waals surface area contributed by atoms with Crippen LogP contribution < -0.4 is 15.4 Å². The average molecular weight is 437 g/mol. The van der Waals surface area contributed by atoms with Gasteiger partial charge >= 0.3 is 0 Å². The summed E-state index contributed by atoms with van der Waals surface area (Å²) in [5.41, 5.74) is 0.862. The van der Waals surface area contributed by atoms with E-state index in [0.717, 1.165) is 16.3 Å². The van der Waals surface area contributed by atoms with Gasteiger partial charge in [0.25, 0.3) is 0 Å². The molecule has 2 amide bonds. The summed E-state index contributed by atoms with van der Waals surface area (Å²) in [6, 6.07) is 7.27. The number of carbonyl (C=O) groups is 2. The molecule has 146 valence electrons. The lowest BCUT2D eigenvalue weighted by atomic mass is 10.1. The van der Waals surface area contributed by atoms with E-state index in [4.69, 9.17) is 4.74 Å². The minimum Gasteiger partial charge on any atom is -0.497 e. The SMILES string of the molecule is COc1ccc(CC(=O)Nc2nnc(SCC(=O)Nc3nnc(C)s3)s2)cc1. The number of ether oxygens (including phenoxy) is 1. The molecule has 0 bridgehead atoms. The molecule has 2 aromatic heterocycles. The number of amides is 2. The lowest BCUT2D eigenvalue weighted by Crippen LogP contribution is -2.14. The first-order valence-corrected chi connectivity index (χ1v) is 10.6. The second-order valence-corrected chi connectivity index (χ2v) is 8.79. The first-order valence-electron chi connectivity index (χ1n) is 8.01. The van der Waals surface area contributed by atoms with Gasteiger partial charge in [-0.3, -0.25) is 14.9 Å². The number of methoxy groups -OCH3 is 1. The van der Waals surface area contributed by atoms with Crippen molar-refractivity contribution in [3.8, 4) is 5.75 Å². The summed E-state index contributed by atoms with van der Waals surface area (Å²) < 4.78 is 5.68. The number of nitrogens with one attached hydrogen (secondary N) is 2. The molecular weight excluding hydrogens is 420 g/mol. The summed E-state index contributed by atoms with van der Waals surface area (Å²) in [6.45, 7) is 1.81. The monoisotopic (exact) mass is 436 g/mol. The topological polar surface area (TPSA) is 119 Å². The quantitative estimate of drug-likeness (QED) is 0.409. The van der Waals surface area contributed by atoms with Crippen LogP contribution in [-0.4, -0.2) is 45.1 Å². The zero-order valence-corrected chi connectivity index (χ0v) is 17.4. The summed E-state index contributed by atoms with van der Waals surface area (Å²) in [7, 11) is 1.59. The fraction of sp³-hybridized carbons (Fsp3) is 0.250. The molecular formula is C16H16N6O3S3. The zero-order valence-electron chi connectivity index (χ0n) is 15.0. The summed E-state index contributed by atoms with van der Waals surface area (Å²) in [6.07, 6.45) is 0.218. The van der Waals surface area contributed by atoms with Crippen molar-refractivity contribution in [2.45, 2.75) is 17.7 Å². The molecule has 0 saturated heterocycles. The first kappa shape index (κ1) is 20.2. The Balaban J connectivity index is 1.45. The van der Waals surface area contributed by atoms with Crippen LogP contribution in [0.2, 0.25) is 0 Å². The Morgan fingerprint density at radius 3 is 2.36 bits per heavy atom. The van der Waals surface area contributed by atoms with Crippen LogP contribution in [0.15, 0.2) is 28.6 Å². The van der Waals surface area contributed by atoms with E-state index in [1.54, 1.807) is 19.2 Å². The first-order chi connectivity index (χ1) is 13.5. The molecule has 3 aromatic rings. The molecule has 0 atom stereocenters. The van der Waals surface area contributed by atoms with Gasteiger partial charge < -0.3 is 10.1 Å². The molecule has 0 saturated carbocycles. The van der Waals surface area contributed by atoms with E-state index in [-0.39, 0.29) is 24.0 Å². The molecule has 0 aliphatic carbocycles. The summed E-state index contributed by atoms with van der Waals surface area (Å²) in [5, 5.41) is 22.6. The Labute approximate surface area is 172 Å². The van der Waals surface area contributed by atoms with Crippen LogP contribution in [0, 0.1) is 6.92 Å². The lowest BCUT2D eigenvalue weighted by molar-refractivity contribution is -0.115. The highest BCUT2D eigenvalue weighted by atomic mass is 32.2. The molecule has 3 rings (SSSR count). The molecule has 0 spiro atoms. The van der Waals surface area contributed by atoms with Gasteiger partial charge in [-0.1, -0.05) is 46.6 Å². The Morgan fingerprint density at radius 1 is 1.00 bits per heavy atom. The third kappa shape index (κ3) is 5.97. The summed E-state index contributed by atoms with van der Waals surface area (Å²) >= 11 is 3.76. The average Bonchev–Trinajstić information content (AvgIpc) is 3.29. The number of benzene rings is 1. The Bertz CT molecular complexity index is 957. The molecule has 0 fully saturated rings. The van der Waals surface area contributed by atoms with E-state index in [1.165, 1.54) is 34.4 Å². The van der Waals surface area contributed by atoms with Crippen LogP contribution in [0.25, 0.3) is 0 Å². The van der Waals surface area contributed by atoms with Crippen molar-refractivity contribution < 1.29 is 14.3 Å². The van der Waals surface area contributed by atoms with E-state index >= 15 is 0 Å². The standard InChI is InChI=1S/C16H16N6O3S3/c1-9-19-20-14(27-9)18-13(24)8-26-16-22-21-15(28-16)17-12(23)7-10-3-5-11(25-2)6-4-10/h3-6H,7-8H2,1-2H3,(H,17,21,23)(H,18,20,24). The van der Waals surface area contributed by atoms with Crippen molar-refractivity contribution in [1.82, 2.24) is 20.4 Å². The van der Waals surface area contributed by atoms with Crippen LogP contribution in [-0.2, 0) is 16.0 Å². The van der Waals surface area contributed by atoms with Gasteiger partial charge in [-0.2, -0.15) is 0 Å². The van der Waals surface area contributed by atoms with Gasteiger partial charge in [0.15, 0.2) is 4.34 Å². The number of aryl methyl sites for hydroxylation is 1. The van der Waals surface area contributed by atoms with E-state index in [2.05, 4.69) is 31.0 Å². The van der Waals surface area contributed by atoms with Gasteiger partial charge in [-0.25, -0.2) is 0 Å². The fourth-order valence-corrected chi connectivity index (χ4v) is 4.22. The molecule has 12 heteroatoms. The van der Waals surface area contributed by atoms with Crippen LogP contribution in [0.1, 0.15) is 10.6 Å². The molecule has 0 radical (unpaired) electrons. The Hall–Kier alpha value is -2.57. The molecule has 0 unspecified atom stereocenters. The molecule has 0 aliphatic rings. The Morgan fingerprint density at radius 2 is 1.68 bits per heavy atom. The third-order valence-corrected chi connectivity index (χ3v) is 6.00. The van der Waals surface area contributed by atoms with Gasteiger partial charge in [0.2, 0.25) is 22.1 Å². The molecule has 1 aromatic carbocycles. The highest BCUT2D eigenvalue weighted by molar-refractivity contribution is 8.01. The van der Waals surface area contributed by atoms with Crippen molar-refractivity contribution in [2.75, 3.05) is 23.5 Å². The highest BCUT2D eigenvalue weighted by Crippen LogP contribution is 2.26. The molecule has 2 N–H and O–H groups in total. The number of anilines is 2. The van der Waals surface area contributed by atoms with E-state index < -0.39 is 0 Å². The lowest BCUT2D eigenvalue weighted by Gasteiger charge is -2.03. The number of aromatic nitrogens is 4. The van der Waals surface area contributed by atoms with E-state index in [1.807, 2.05) is 19.1 Å². The van der Waals surface area contributed by atoms with Crippen LogP contribution >= 0.6 is 34.4 Å². The second kappa shape index (κ2) is 9.57. The predicted molar refractivity (Wildman–Crippen MR) is 109 cm³/mol. The fourth-order valence-electron chi connectivity index (χ4n) is 2.04. The van der Waals surface area contributed by atoms with Crippen LogP contribution in [0.3, 0.4) is 0 Å². The van der Waals surface area contributed by atoms with Gasteiger partial charge in [0.05, 0.1) is 19.3 Å². The summed E-state index contributed by atoms with van der Waals surface area (Å²) in [4.78, 5) is 24.0. The second-order valence-electron chi connectivity index (χ2n) is 5.41.